The van der Waals surface area contributed by atoms with Gasteiger partial charge >= 0.3 is 0 Å². The smallest absolute Gasteiger partial charge is 0.228 e. The molecule has 0 saturated carbocycles. The fourth-order valence-corrected chi connectivity index (χ4v) is 2.71. The van der Waals surface area contributed by atoms with Crippen LogP contribution in [0, 0.1) is 6.92 Å². The Balaban J connectivity index is 1.47. The number of benzene rings is 2. The summed E-state index contributed by atoms with van der Waals surface area (Å²) in [6.45, 7) is 2.86. The standard InChI is InChI=1S/C18H16N2O4/c1-11-19-14-8-12(2-4-15(14)24-11)9-18(21)20-13-3-5-16-17(10-13)23-7-6-22-16/h2-5,8,10H,6-7,9H2,1H3,(H,20,21). The molecule has 6 nitrogen and oxygen atoms in total. The molecule has 1 aliphatic heterocycles. The number of aryl methyl sites for hydroxylation is 1. The zero-order valence-electron chi connectivity index (χ0n) is 13.2. The van der Waals surface area contributed by atoms with Crippen molar-refractivity contribution < 1.29 is 18.7 Å². The van der Waals surface area contributed by atoms with Gasteiger partial charge in [0.15, 0.2) is 23.0 Å². The van der Waals surface area contributed by atoms with Crippen molar-refractivity contribution in [2.45, 2.75) is 13.3 Å². The Morgan fingerprint density at radius 2 is 1.96 bits per heavy atom. The van der Waals surface area contributed by atoms with Crippen molar-refractivity contribution in [2.24, 2.45) is 0 Å². The number of hydrogen-bond acceptors (Lipinski definition) is 5. The van der Waals surface area contributed by atoms with E-state index in [1.54, 1.807) is 25.1 Å². The minimum Gasteiger partial charge on any atom is -0.486 e. The highest BCUT2D eigenvalue weighted by atomic mass is 16.6. The van der Waals surface area contributed by atoms with Crippen LogP contribution in [-0.2, 0) is 11.2 Å². The van der Waals surface area contributed by atoms with Crippen molar-refractivity contribution in [1.82, 2.24) is 4.98 Å². The minimum absolute atomic E-state index is 0.105. The molecule has 2 aromatic carbocycles. The lowest BCUT2D eigenvalue weighted by Crippen LogP contribution is -2.17. The topological polar surface area (TPSA) is 73.6 Å². The lowest BCUT2D eigenvalue weighted by Gasteiger charge is -2.19. The fraction of sp³-hybridized carbons (Fsp3) is 0.222. The van der Waals surface area contributed by atoms with Crippen LogP contribution in [0.5, 0.6) is 11.5 Å². The van der Waals surface area contributed by atoms with E-state index < -0.39 is 0 Å². The highest BCUT2D eigenvalue weighted by molar-refractivity contribution is 5.93. The molecule has 0 saturated heterocycles. The number of nitrogens with one attached hydrogen (secondary N) is 1. The summed E-state index contributed by atoms with van der Waals surface area (Å²) in [5.41, 5.74) is 3.05. The molecule has 0 radical (unpaired) electrons. The molecule has 0 fully saturated rings. The average molecular weight is 324 g/mol. The Morgan fingerprint density at radius 3 is 2.83 bits per heavy atom. The zero-order valence-corrected chi connectivity index (χ0v) is 13.2. The maximum absolute atomic E-state index is 12.3. The Labute approximate surface area is 138 Å². The van der Waals surface area contributed by atoms with E-state index in [-0.39, 0.29) is 12.3 Å². The summed E-state index contributed by atoms with van der Waals surface area (Å²) >= 11 is 0. The van der Waals surface area contributed by atoms with Crippen LogP contribution in [0.25, 0.3) is 11.1 Å². The van der Waals surface area contributed by atoms with Gasteiger partial charge in [-0.15, -0.1) is 0 Å². The van der Waals surface area contributed by atoms with Gasteiger partial charge < -0.3 is 19.2 Å². The molecule has 2 heterocycles. The zero-order chi connectivity index (χ0) is 16.5. The quantitative estimate of drug-likeness (QED) is 0.801. The summed E-state index contributed by atoms with van der Waals surface area (Å²) in [5.74, 6) is 1.86. The van der Waals surface area contributed by atoms with E-state index >= 15 is 0 Å². The number of rotatable bonds is 3. The third kappa shape index (κ3) is 2.90. The molecule has 1 aromatic heterocycles. The number of fused-ring (bicyclic) bond motifs is 2. The summed E-state index contributed by atoms with van der Waals surface area (Å²) in [7, 11) is 0. The van der Waals surface area contributed by atoms with Gasteiger partial charge in [0.25, 0.3) is 0 Å². The molecule has 0 unspecified atom stereocenters. The van der Waals surface area contributed by atoms with Crippen molar-refractivity contribution in [3.05, 3.63) is 47.9 Å². The lowest BCUT2D eigenvalue weighted by molar-refractivity contribution is -0.115. The van der Waals surface area contributed by atoms with E-state index in [0.717, 1.165) is 16.7 Å². The second-order valence-corrected chi connectivity index (χ2v) is 5.62. The summed E-state index contributed by atoms with van der Waals surface area (Å²) in [5, 5.41) is 2.88. The molecule has 1 aliphatic rings. The van der Waals surface area contributed by atoms with E-state index in [4.69, 9.17) is 13.9 Å². The van der Waals surface area contributed by atoms with E-state index in [0.29, 0.717) is 36.3 Å². The molecule has 1 N–H and O–H groups in total. The lowest BCUT2D eigenvalue weighted by atomic mass is 10.1. The van der Waals surface area contributed by atoms with Crippen molar-refractivity contribution in [2.75, 3.05) is 18.5 Å². The van der Waals surface area contributed by atoms with Crippen molar-refractivity contribution in [1.29, 1.82) is 0 Å². The minimum atomic E-state index is -0.105. The van der Waals surface area contributed by atoms with Gasteiger partial charge in [-0.25, -0.2) is 4.98 Å². The first-order valence-electron chi connectivity index (χ1n) is 7.73. The first-order chi connectivity index (χ1) is 11.7. The van der Waals surface area contributed by atoms with Crippen LogP contribution >= 0.6 is 0 Å². The monoisotopic (exact) mass is 324 g/mol. The summed E-state index contributed by atoms with van der Waals surface area (Å²) in [4.78, 5) is 16.5. The van der Waals surface area contributed by atoms with E-state index in [2.05, 4.69) is 10.3 Å². The Bertz CT molecular complexity index is 917. The molecule has 0 bridgehead atoms. The molecule has 0 atom stereocenters. The third-order valence-electron chi connectivity index (χ3n) is 3.75. The second kappa shape index (κ2) is 5.88. The van der Waals surface area contributed by atoms with E-state index in [9.17, 15) is 4.79 Å². The molecule has 6 heteroatoms. The first kappa shape index (κ1) is 14.6. The van der Waals surface area contributed by atoms with Gasteiger partial charge in [0, 0.05) is 18.7 Å². The molecule has 0 spiro atoms. The van der Waals surface area contributed by atoms with Crippen LogP contribution in [0.4, 0.5) is 5.69 Å². The van der Waals surface area contributed by atoms with Crippen LogP contribution in [0.2, 0.25) is 0 Å². The normalized spacial score (nSPS) is 13.0. The Kier molecular flexibility index (Phi) is 3.57. The summed E-state index contributed by atoms with van der Waals surface area (Å²) in [6, 6.07) is 11.0. The maximum atomic E-state index is 12.3. The number of ether oxygens (including phenoxy) is 2. The number of carbonyl (C=O) groups is 1. The van der Waals surface area contributed by atoms with Gasteiger partial charge in [0.05, 0.1) is 6.42 Å². The third-order valence-corrected chi connectivity index (χ3v) is 3.75. The van der Waals surface area contributed by atoms with Crippen molar-refractivity contribution in [3.63, 3.8) is 0 Å². The number of carbonyl (C=O) groups excluding carboxylic acids is 1. The second-order valence-electron chi connectivity index (χ2n) is 5.62. The number of hydrogen-bond donors (Lipinski definition) is 1. The number of oxazole rings is 1. The molecule has 24 heavy (non-hydrogen) atoms. The Hall–Kier alpha value is -3.02. The SMILES string of the molecule is Cc1nc2cc(CC(=O)Nc3ccc4c(c3)OCCO4)ccc2o1. The molecular weight excluding hydrogens is 308 g/mol. The van der Waals surface area contributed by atoms with Gasteiger partial charge in [-0.3, -0.25) is 4.79 Å². The predicted molar refractivity (Wildman–Crippen MR) is 88.5 cm³/mol. The van der Waals surface area contributed by atoms with Gasteiger partial charge in [-0.1, -0.05) is 6.07 Å². The van der Waals surface area contributed by atoms with Crippen molar-refractivity contribution in [3.8, 4) is 11.5 Å². The Morgan fingerprint density at radius 1 is 1.12 bits per heavy atom. The van der Waals surface area contributed by atoms with Crippen LogP contribution in [0.1, 0.15) is 11.5 Å². The number of aromatic nitrogens is 1. The van der Waals surface area contributed by atoms with E-state index in [1.807, 2.05) is 18.2 Å². The van der Waals surface area contributed by atoms with Gasteiger partial charge in [-0.2, -0.15) is 0 Å². The van der Waals surface area contributed by atoms with Crippen molar-refractivity contribution >= 4 is 22.7 Å². The number of nitrogens with zero attached hydrogens (tertiary/aromatic N) is 1. The van der Waals surface area contributed by atoms with Gasteiger partial charge in [0.1, 0.15) is 18.7 Å². The van der Waals surface area contributed by atoms with Crippen LogP contribution in [0.3, 0.4) is 0 Å². The highest BCUT2D eigenvalue weighted by Crippen LogP contribution is 2.32. The molecule has 3 aromatic rings. The fourth-order valence-electron chi connectivity index (χ4n) is 2.71. The van der Waals surface area contributed by atoms with Gasteiger partial charge in [-0.05, 0) is 29.8 Å². The van der Waals surface area contributed by atoms with Crippen LogP contribution in [-0.4, -0.2) is 24.1 Å². The predicted octanol–water partition coefficient (Wildman–Crippen LogP) is 3.09. The summed E-state index contributed by atoms with van der Waals surface area (Å²) < 4.78 is 16.4. The number of anilines is 1. The molecule has 1 amide bonds. The largest absolute Gasteiger partial charge is 0.486 e. The average Bonchev–Trinajstić information content (AvgIpc) is 2.94. The number of amides is 1. The highest BCUT2D eigenvalue weighted by Gasteiger charge is 2.13. The first-order valence-corrected chi connectivity index (χ1v) is 7.73. The summed E-state index contributed by atoms with van der Waals surface area (Å²) in [6.07, 6.45) is 0.260. The molecule has 0 aliphatic carbocycles. The molecule has 4 rings (SSSR count). The molecular formula is C18H16N2O4. The molecule has 122 valence electrons. The van der Waals surface area contributed by atoms with Crippen LogP contribution in [0.15, 0.2) is 40.8 Å². The van der Waals surface area contributed by atoms with E-state index in [1.165, 1.54) is 0 Å². The maximum Gasteiger partial charge on any atom is 0.228 e. The van der Waals surface area contributed by atoms with Crippen LogP contribution < -0.4 is 14.8 Å². The van der Waals surface area contributed by atoms with Gasteiger partial charge in [0.2, 0.25) is 5.91 Å².